The van der Waals surface area contributed by atoms with Crippen LogP contribution in [0.2, 0.25) is 0 Å². The van der Waals surface area contributed by atoms with Gasteiger partial charge in [-0.05, 0) is 31.6 Å². The fourth-order valence-electron chi connectivity index (χ4n) is 3.00. The third-order valence-corrected chi connectivity index (χ3v) is 3.92. The number of hydrogen-bond acceptors (Lipinski definition) is 5. The molecule has 0 radical (unpaired) electrons. The normalized spacial score (nSPS) is 25.3. The number of hydrogen-bond donors (Lipinski definition) is 0. The molecule has 2 atom stereocenters. The lowest BCUT2D eigenvalue weighted by molar-refractivity contribution is -0.295. The molecule has 0 aromatic heterocycles. The molecule has 122 valence electrons. The highest BCUT2D eigenvalue weighted by Gasteiger charge is 2.53. The summed E-state index contributed by atoms with van der Waals surface area (Å²) in [7, 11) is 0. The number of carbonyl (C=O) groups excluding carboxylic acids is 1. The van der Waals surface area contributed by atoms with Gasteiger partial charge in [0.1, 0.15) is 18.1 Å². The highest BCUT2D eigenvalue weighted by molar-refractivity contribution is 5.77. The third-order valence-electron chi connectivity index (χ3n) is 3.92. The number of esters is 1. The molecule has 1 saturated heterocycles. The smallest absolute Gasteiger partial charge is 0.400 e. The van der Waals surface area contributed by atoms with Crippen molar-refractivity contribution in [2.75, 3.05) is 6.61 Å². The third kappa shape index (κ3) is 2.72. The Morgan fingerprint density at radius 2 is 2.30 bits per heavy atom. The molecule has 1 fully saturated rings. The average Bonchev–Trinajstić information content (AvgIpc) is 2.80. The zero-order valence-corrected chi connectivity index (χ0v) is 13.5. The molecule has 2 aliphatic rings. The van der Waals surface area contributed by atoms with E-state index in [9.17, 15) is 4.79 Å². The summed E-state index contributed by atoms with van der Waals surface area (Å²) in [5, 5.41) is 0. The fourth-order valence-corrected chi connectivity index (χ4v) is 3.00. The molecular formula is C18H20O5. The number of allylic oxidation sites excluding steroid dienone is 1. The molecule has 0 amide bonds. The molecule has 5 heteroatoms. The van der Waals surface area contributed by atoms with Crippen LogP contribution >= 0.6 is 0 Å². The first kappa shape index (κ1) is 15.6. The van der Waals surface area contributed by atoms with Crippen molar-refractivity contribution in [1.82, 2.24) is 0 Å². The lowest BCUT2D eigenvalue weighted by atomic mass is 9.94. The molecule has 0 N–H and O–H groups in total. The first-order chi connectivity index (χ1) is 10.9. The summed E-state index contributed by atoms with van der Waals surface area (Å²) >= 11 is 0. The fraction of sp³-hybridized carbons (Fsp3) is 0.389. The Morgan fingerprint density at radius 3 is 3.00 bits per heavy atom. The van der Waals surface area contributed by atoms with Gasteiger partial charge in [-0.2, -0.15) is 0 Å². The highest BCUT2D eigenvalue weighted by Crippen LogP contribution is 2.49. The lowest BCUT2D eigenvalue weighted by Gasteiger charge is -2.34. The van der Waals surface area contributed by atoms with Gasteiger partial charge in [-0.25, -0.2) is 0 Å². The van der Waals surface area contributed by atoms with Gasteiger partial charge in [0, 0.05) is 25.0 Å². The van der Waals surface area contributed by atoms with Crippen molar-refractivity contribution < 1.29 is 23.7 Å². The van der Waals surface area contributed by atoms with E-state index in [1.54, 1.807) is 12.1 Å². The van der Waals surface area contributed by atoms with Crippen LogP contribution in [0.4, 0.5) is 0 Å². The summed E-state index contributed by atoms with van der Waals surface area (Å²) in [5.41, 5.74) is 2.81. The first-order valence-corrected chi connectivity index (χ1v) is 7.60. The van der Waals surface area contributed by atoms with Gasteiger partial charge in [-0.3, -0.25) is 4.79 Å². The molecule has 0 aliphatic carbocycles. The predicted molar refractivity (Wildman–Crippen MR) is 85.0 cm³/mol. The van der Waals surface area contributed by atoms with E-state index >= 15 is 0 Å². The van der Waals surface area contributed by atoms with E-state index in [4.69, 9.17) is 18.9 Å². The van der Waals surface area contributed by atoms with Crippen LogP contribution in [0.3, 0.4) is 0 Å². The standard InChI is InChI=1S/C18H20O5/c1-5-8-20-14-6-7-15-12(3)16-9-11(2)21-18(16,22-13(4)19)23-17(15)10-14/h5-7,10-11H,1,8-9H2,2-4H3/t11-,18-/m0/s1. The number of carbonyl (C=O) groups is 1. The molecule has 23 heavy (non-hydrogen) atoms. The summed E-state index contributed by atoms with van der Waals surface area (Å²) in [6.07, 6.45) is 2.24. The Balaban J connectivity index is 2.03. The number of ether oxygens (including phenoxy) is 4. The van der Waals surface area contributed by atoms with Crippen LogP contribution in [0.1, 0.15) is 32.8 Å². The van der Waals surface area contributed by atoms with E-state index in [0.29, 0.717) is 24.5 Å². The van der Waals surface area contributed by atoms with Gasteiger partial charge in [-0.1, -0.05) is 12.7 Å². The molecule has 3 rings (SSSR count). The number of rotatable bonds is 4. The maximum atomic E-state index is 11.5. The van der Waals surface area contributed by atoms with Gasteiger partial charge in [0.05, 0.1) is 11.7 Å². The second-order valence-corrected chi connectivity index (χ2v) is 5.75. The minimum absolute atomic E-state index is 0.0925. The zero-order valence-electron chi connectivity index (χ0n) is 13.5. The van der Waals surface area contributed by atoms with E-state index < -0.39 is 11.9 Å². The molecular weight excluding hydrogens is 296 g/mol. The first-order valence-electron chi connectivity index (χ1n) is 7.60. The van der Waals surface area contributed by atoms with Gasteiger partial charge in [0.15, 0.2) is 0 Å². The van der Waals surface area contributed by atoms with Gasteiger partial charge in [0.25, 0.3) is 0 Å². The van der Waals surface area contributed by atoms with E-state index in [1.165, 1.54) is 6.92 Å². The van der Waals surface area contributed by atoms with Gasteiger partial charge in [0.2, 0.25) is 0 Å². The number of fused-ring (bicyclic) bond motifs is 2. The maximum Gasteiger partial charge on any atom is 0.400 e. The number of benzene rings is 1. The Labute approximate surface area is 135 Å². The van der Waals surface area contributed by atoms with Crippen molar-refractivity contribution in [3.8, 4) is 11.5 Å². The summed E-state index contributed by atoms with van der Waals surface area (Å²) in [4.78, 5) is 11.5. The van der Waals surface area contributed by atoms with E-state index in [-0.39, 0.29) is 6.10 Å². The second-order valence-electron chi connectivity index (χ2n) is 5.75. The van der Waals surface area contributed by atoms with Crippen molar-refractivity contribution in [1.29, 1.82) is 0 Å². The lowest BCUT2D eigenvalue weighted by Crippen LogP contribution is -2.44. The van der Waals surface area contributed by atoms with Gasteiger partial charge >= 0.3 is 11.9 Å². The minimum Gasteiger partial charge on any atom is -0.489 e. The zero-order chi connectivity index (χ0) is 16.6. The van der Waals surface area contributed by atoms with Crippen LogP contribution in [0.25, 0.3) is 5.57 Å². The Kier molecular flexibility index (Phi) is 3.90. The van der Waals surface area contributed by atoms with Crippen LogP contribution in [0.5, 0.6) is 11.5 Å². The van der Waals surface area contributed by atoms with Crippen molar-refractivity contribution in [3.63, 3.8) is 0 Å². The van der Waals surface area contributed by atoms with E-state index in [2.05, 4.69) is 6.58 Å². The predicted octanol–water partition coefficient (Wildman–Crippen LogP) is 3.44. The second kappa shape index (κ2) is 5.74. The van der Waals surface area contributed by atoms with Crippen molar-refractivity contribution >= 4 is 11.5 Å². The van der Waals surface area contributed by atoms with Crippen molar-refractivity contribution in [2.24, 2.45) is 0 Å². The molecule has 5 nitrogen and oxygen atoms in total. The van der Waals surface area contributed by atoms with Gasteiger partial charge in [-0.15, -0.1) is 0 Å². The monoisotopic (exact) mass is 316 g/mol. The highest BCUT2D eigenvalue weighted by atomic mass is 16.9. The van der Waals surface area contributed by atoms with Crippen LogP contribution in [0, 0.1) is 0 Å². The molecule has 2 heterocycles. The average molecular weight is 316 g/mol. The van der Waals surface area contributed by atoms with Crippen molar-refractivity contribution in [2.45, 2.75) is 39.3 Å². The topological polar surface area (TPSA) is 54.0 Å². The molecule has 2 aliphatic heterocycles. The Morgan fingerprint density at radius 1 is 1.52 bits per heavy atom. The quantitative estimate of drug-likeness (QED) is 0.629. The molecule has 0 unspecified atom stereocenters. The van der Waals surface area contributed by atoms with Crippen LogP contribution < -0.4 is 9.47 Å². The van der Waals surface area contributed by atoms with Crippen LogP contribution in [-0.2, 0) is 14.3 Å². The molecule has 0 saturated carbocycles. The van der Waals surface area contributed by atoms with E-state index in [1.807, 2.05) is 26.0 Å². The van der Waals surface area contributed by atoms with Crippen LogP contribution in [-0.4, -0.2) is 24.7 Å². The summed E-state index contributed by atoms with van der Waals surface area (Å²) in [5.74, 6) is -0.682. The largest absolute Gasteiger partial charge is 0.489 e. The maximum absolute atomic E-state index is 11.5. The summed E-state index contributed by atoms with van der Waals surface area (Å²) in [6, 6.07) is 5.60. The molecule has 0 bridgehead atoms. The van der Waals surface area contributed by atoms with Gasteiger partial charge < -0.3 is 18.9 Å². The Bertz CT molecular complexity index is 691. The molecule has 1 aromatic rings. The summed E-state index contributed by atoms with van der Waals surface area (Å²) in [6.45, 7) is 9.29. The minimum atomic E-state index is -1.46. The summed E-state index contributed by atoms with van der Waals surface area (Å²) < 4.78 is 22.8. The molecule has 1 aromatic carbocycles. The molecule has 0 spiro atoms. The SMILES string of the molecule is C=CCOc1ccc2c(c1)O[C@]1(OC(C)=O)O[C@@H](C)CC1=C2C. The Hall–Kier alpha value is -2.27. The van der Waals surface area contributed by atoms with Crippen LogP contribution in [0.15, 0.2) is 36.4 Å². The van der Waals surface area contributed by atoms with E-state index in [0.717, 1.165) is 16.7 Å². The van der Waals surface area contributed by atoms with Crippen molar-refractivity contribution in [3.05, 3.63) is 42.0 Å².